The zero-order valence-corrected chi connectivity index (χ0v) is 14.8. The van der Waals surface area contributed by atoms with E-state index in [9.17, 15) is 13.2 Å². The van der Waals surface area contributed by atoms with Crippen LogP contribution in [-0.2, 0) is 6.18 Å². The summed E-state index contributed by atoms with van der Waals surface area (Å²) in [5.41, 5.74) is 2.51. The van der Waals surface area contributed by atoms with Gasteiger partial charge in [0.1, 0.15) is 11.6 Å². The van der Waals surface area contributed by atoms with Gasteiger partial charge in [0, 0.05) is 6.20 Å². The molecule has 122 valence electrons. The Morgan fingerprint density at radius 1 is 1.22 bits per heavy atom. The lowest BCUT2D eigenvalue weighted by molar-refractivity contribution is -0.137. The number of rotatable bonds is 4. The predicted molar refractivity (Wildman–Crippen MR) is 88.8 cm³/mol. The van der Waals surface area contributed by atoms with E-state index in [4.69, 9.17) is 4.74 Å². The minimum absolute atomic E-state index is 0.209. The maximum Gasteiger partial charge on any atom is 0.417 e. The molecule has 0 radical (unpaired) electrons. The van der Waals surface area contributed by atoms with Gasteiger partial charge in [-0.3, -0.25) is 5.43 Å². The molecule has 23 heavy (non-hydrogen) atoms. The first-order valence-electron chi connectivity index (χ1n) is 6.16. The summed E-state index contributed by atoms with van der Waals surface area (Å²) in [6, 6.07) is 5.72. The molecule has 1 aromatic heterocycles. The molecule has 0 aliphatic carbocycles. The molecule has 0 atom stereocenters. The van der Waals surface area contributed by atoms with E-state index in [-0.39, 0.29) is 5.82 Å². The van der Waals surface area contributed by atoms with Crippen molar-refractivity contribution in [3.63, 3.8) is 0 Å². The molecule has 0 fully saturated rings. The fourth-order valence-electron chi connectivity index (χ4n) is 1.65. The van der Waals surface area contributed by atoms with Gasteiger partial charge in [-0.15, -0.1) is 0 Å². The second kappa shape index (κ2) is 7.31. The molecule has 2 rings (SSSR count). The molecule has 0 spiro atoms. The van der Waals surface area contributed by atoms with E-state index in [1.807, 2.05) is 0 Å². The first-order valence-corrected chi connectivity index (χ1v) is 7.75. The van der Waals surface area contributed by atoms with Crippen LogP contribution in [0, 0.1) is 0 Å². The topological polar surface area (TPSA) is 46.5 Å². The van der Waals surface area contributed by atoms with Crippen molar-refractivity contribution in [2.45, 2.75) is 6.18 Å². The van der Waals surface area contributed by atoms with E-state index in [1.165, 1.54) is 12.3 Å². The van der Waals surface area contributed by atoms with Crippen molar-refractivity contribution in [2.75, 3.05) is 12.5 Å². The number of halogens is 5. The molecule has 0 aliphatic rings. The number of hydrogen-bond donors (Lipinski definition) is 1. The molecular weight excluding hydrogens is 443 g/mol. The number of pyridine rings is 1. The van der Waals surface area contributed by atoms with Crippen LogP contribution in [0.3, 0.4) is 0 Å². The number of hydrazone groups is 1. The van der Waals surface area contributed by atoms with Crippen molar-refractivity contribution in [3.05, 3.63) is 50.5 Å². The SMILES string of the molecule is COc1c(Br)cc(/C=N\Nc2ccc(C(F)(F)F)cn2)cc1Br. The largest absolute Gasteiger partial charge is 0.494 e. The maximum absolute atomic E-state index is 12.4. The Kier molecular flexibility index (Phi) is 5.64. The Hall–Kier alpha value is -1.61. The Bertz CT molecular complexity index is 695. The lowest BCUT2D eigenvalue weighted by Gasteiger charge is -2.07. The highest BCUT2D eigenvalue weighted by Gasteiger charge is 2.30. The van der Waals surface area contributed by atoms with Gasteiger partial charge in [-0.2, -0.15) is 18.3 Å². The van der Waals surface area contributed by atoms with Gasteiger partial charge in [-0.05, 0) is 61.7 Å². The van der Waals surface area contributed by atoms with Crippen molar-refractivity contribution in [2.24, 2.45) is 5.10 Å². The van der Waals surface area contributed by atoms with Gasteiger partial charge in [0.15, 0.2) is 0 Å². The molecule has 0 amide bonds. The van der Waals surface area contributed by atoms with Gasteiger partial charge in [-0.1, -0.05) is 0 Å². The number of nitrogens with zero attached hydrogens (tertiary/aromatic N) is 2. The second-order valence-electron chi connectivity index (χ2n) is 4.32. The van der Waals surface area contributed by atoms with Crippen molar-refractivity contribution in [1.82, 2.24) is 4.98 Å². The number of nitrogens with one attached hydrogen (secondary N) is 1. The Balaban J connectivity index is 2.07. The normalized spacial score (nSPS) is 11.7. The van der Waals surface area contributed by atoms with E-state index in [0.29, 0.717) is 5.75 Å². The first-order chi connectivity index (χ1) is 10.8. The second-order valence-corrected chi connectivity index (χ2v) is 6.03. The Morgan fingerprint density at radius 3 is 2.35 bits per heavy atom. The molecule has 2 aromatic rings. The highest BCUT2D eigenvalue weighted by molar-refractivity contribution is 9.11. The van der Waals surface area contributed by atoms with Crippen molar-refractivity contribution >= 4 is 43.9 Å². The number of methoxy groups -OCH3 is 1. The van der Waals surface area contributed by atoms with Crippen LogP contribution in [0.1, 0.15) is 11.1 Å². The van der Waals surface area contributed by atoms with Crippen molar-refractivity contribution in [1.29, 1.82) is 0 Å². The van der Waals surface area contributed by atoms with Crippen LogP contribution in [0.4, 0.5) is 19.0 Å². The molecule has 0 unspecified atom stereocenters. The monoisotopic (exact) mass is 451 g/mol. The van der Waals surface area contributed by atoms with Gasteiger partial charge in [0.2, 0.25) is 0 Å². The summed E-state index contributed by atoms with van der Waals surface area (Å²) in [6.45, 7) is 0. The molecule has 1 heterocycles. The zero-order valence-electron chi connectivity index (χ0n) is 11.7. The lowest BCUT2D eigenvalue weighted by atomic mass is 10.2. The van der Waals surface area contributed by atoms with Crippen LogP contribution < -0.4 is 10.2 Å². The van der Waals surface area contributed by atoms with E-state index in [0.717, 1.165) is 26.8 Å². The standard InChI is InChI=1S/C14H10Br2F3N3O/c1-23-13-10(15)4-8(5-11(13)16)6-21-22-12-3-2-9(7-20-12)14(17,18)19/h2-7H,1H3,(H,20,22)/b21-6-. The average molecular weight is 453 g/mol. The van der Waals surface area contributed by atoms with Gasteiger partial charge >= 0.3 is 6.18 Å². The first kappa shape index (κ1) is 17.7. The number of anilines is 1. The third kappa shape index (κ3) is 4.68. The molecule has 1 aromatic carbocycles. The van der Waals surface area contributed by atoms with Crippen molar-refractivity contribution < 1.29 is 17.9 Å². The van der Waals surface area contributed by atoms with E-state index in [1.54, 1.807) is 19.2 Å². The van der Waals surface area contributed by atoms with Gasteiger partial charge in [0.05, 0.1) is 27.8 Å². The van der Waals surface area contributed by atoms with Crippen LogP contribution in [-0.4, -0.2) is 18.3 Å². The summed E-state index contributed by atoms with van der Waals surface area (Å²) in [5.74, 6) is 0.861. The quantitative estimate of drug-likeness (QED) is 0.519. The van der Waals surface area contributed by atoms with Gasteiger partial charge in [0.25, 0.3) is 0 Å². The number of ether oxygens (including phenoxy) is 1. The van der Waals surface area contributed by atoms with Crippen LogP contribution >= 0.6 is 31.9 Å². The maximum atomic E-state index is 12.4. The summed E-state index contributed by atoms with van der Waals surface area (Å²) in [4.78, 5) is 3.66. The third-order valence-electron chi connectivity index (χ3n) is 2.71. The summed E-state index contributed by atoms with van der Waals surface area (Å²) in [7, 11) is 1.55. The van der Waals surface area contributed by atoms with Crippen LogP contribution in [0.5, 0.6) is 5.75 Å². The predicted octanol–water partition coefficient (Wildman–Crippen LogP) is 5.08. The number of benzene rings is 1. The Morgan fingerprint density at radius 2 is 1.87 bits per heavy atom. The van der Waals surface area contributed by atoms with Crippen LogP contribution in [0.15, 0.2) is 44.5 Å². The third-order valence-corrected chi connectivity index (χ3v) is 3.89. The fourth-order valence-corrected chi connectivity index (χ4v) is 3.20. The summed E-state index contributed by atoms with van der Waals surface area (Å²) >= 11 is 6.73. The lowest BCUT2D eigenvalue weighted by Crippen LogP contribution is -2.05. The smallest absolute Gasteiger partial charge is 0.417 e. The molecule has 9 heteroatoms. The fraction of sp³-hybridized carbons (Fsp3) is 0.143. The molecule has 0 saturated heterocycles. The molecule has 1 N–H and O–H groups in total. The highest BCUT2D eigenvalue weighted by atomic mass is 79.9. The molecule has 0 aliphatic heterocycles. The molecule has 4 nitrogen and oxygen atoms in total. The van der Waals surface area contributed by atoms with Crippen molar-refractivity contribution in [3.8, 4) is 5.75 Å². The van der Waals surface area contributed by atoms with E-state index >= 15 is 0 Å². The van der Waals surface area contributed by atoms with Crippen LogP contribution in [0.2, 0.25) is 0 Å². The Labute approximate surface area is 147 Å². The van der Waals surface area contributed by atoms with E-state index in [2.05, 4.69) is 47.4 Å². The molecular formula is C14H10Br2F3N3O. The molecule has 0 bridgehead atoms. The summed E-state index contributed by atoms with van der Waals surface area (Å²) < 4.78 is 43.9. The molecule has 0 saturated carbocycles. The summed E-state index contributed by atoms with van der Waals surface area (Å²) in [6.07, 6.45) is -2.15. The minimum atomic E-state index is -4.41. The number of hydrogen-bond acceptors (Lipinski definition) is 4. The van der Waals surface area contributed by atoms with Gasteiger partial charge < -0.3 is 4.74 Å². The summed E-state index contributed by atoms with van der Waals surface area (Å²) in [5, 5.41) is 3.94. The van der Waals surface area contributed by atoms with Gasteiger partial charge in [-0.25, -0.2) is 4.98 Å². The highest BCUT2D eigenvalue weighted by Crippen LogP contribution is 2.34. The average Bonchev–Trinajstić information content (AvgIpc) is 2.46. The van der Waals surface area contributed by atoms with E-state index < -0.39 is 11.7 Å². The number of aromatic nitrogens is 1. The zero-order chi connectivity index (χ0) is 17.0. The van der Waals surface area contributed by atoms with Crippen LogP contribution in [0.25, 0.3) is 0 Å². The minimum Gasteiger partial charge on any atom is -0.494 e. The number of alkyl halides is 3.